The lowest BCUT2D eigenvalue weighted by Crippen LogP contribution is -2.40. The molecule has 0 aromatic heterocycles. The summed E-state index contributed by atoms with van der Waals surface area (Å²) in [5, 5.41) is 0. The van der Waals surface area contributed by atoms with Crippen LogP contribution in [0.15, 0.2) is 0 Å². The van der Waals surface area contributed by atoms with Crippen LogP contribution in [-0.4, -0.2) is 19.8 Å². The zero-order chi connectivity index (χ0) is 10.4. The lowest BCUT2D eigenvalue weighted by Gasteiger charge is -2.38. The zero-order valence-corrected chi connectivity index (χ0v) is 9.72. The van der Waals surface area contributed by atoms with E-state index in [0.29, 0.717) is 5.41 Å². The molecule has 0 saturated carbocycles. The fraction of sp³-hybridized carbons (Fsp3) is 1.00. The van der Waals surface area contributed by atoms with Gasteiger partial charge in [-0.2, -0.15) is 0 Å². The molecule has 14 heavy (non-hydrogen) atoms. The van der Waals surface area contributed by atoms with E-state index in [2.05, 4.69) is 13.8 Å². The Kier molecular flexibility index (Phi) is 4.90. The number of hydrogen-bond acceptors (Lipinski definition) is 2. The minimum absolute atomic E-state index is 0.301. The first-order chi connectivity index (χ1) is 6.76. The van der Waals surface area contributed by atoms with Crippen molar-refractivity contribution < 1.29 is 4.74 Å². The maximum atomic E-state index is 5.92. The van der Waals surface area contributed by atoms with E-state index in [1.807, 2.05) is 0 Å². The lowest BCUT2D eigenvalue weighted by molar-refractivity contribution is -0.0166. The normalized spacial score (nSPS) is 28.3. The van der Waals surface area contributed by atoms with Gasteiger partial charge in [0.25, 0.3) is 0 Å². The summed E-state index contributed by atoms with van der Waals surface area (Å²) in [6.45, 7) is 7.18. The second kappa shape index (κ2) is 5.72. The van der Waals surface area contributed by atoms with Gasteiger partial charge in [0.15, 0.2) is 0 Å². The van der Waals surface area contributed by atoms with E-state index in [0.717, 1.165) is 25.7 Å². The standard InChI is InChI=1S/C12H25NO/c1-3-11(4-2)8-12(9-13)6-5-7-14-10-12/h11H,3-10,13H2,1-2H3. The predicted molar refractivity (Wildman–Crippen MR) is 60.2 cm³/mol. The number of hydrogen-bond donors (Lipinski definition) is 1. The molecule has 84 valence electrons. The van der Waals surface area contributed by atoms with E-state index in [-0.39, 0.29) is 0 Å². The molecule has 0 bridgehead atoms. The molecule has 1 aliphatic rings. The van der Waals surface area contributed by atoms with E-state index >= 15 is 0 Å². The highest BCUT2D eigenvalue weighted by molar-refractivity contribution is 4.84. The summed E-state index contributed by atoms with van der Waals surface area (Å²) in [4.78, 5) is 0. The monoisotopic (exact) mass is 199 g/mol. The third-order valence-electron chi connectivity index (χ3n) is 3.71. The fourth-order valence-corrected chi connectivity index (χ4v) is 2.51. The Morgan fingerprint density at radius 2 is 2.07 bits per heavy atom. The van der Waals surface area contributed by atoms with Crippen LogP contribution in [0, 0.1) is 11.3 Å². The van der Waals surface area contributed by atoms with E-state index in [1.54, 1.807) is 0 Å². The van der Waals surface area contributed by atoms with Crippen LogP contribution in [-0.2, 0) is 4.74 Å². The van der Waals surface area contributed by atoms with Gasteiger partial charge in [-0.1, -0.05) is 26.7 Å². The van der Waals surface area contributed by atoms with Crippen LogP contribution in [0.3, 0.4) is 0 Å². The number of nitrogens with two attached hydrogens (primary N) is 1. The van der Waals surface area contributed by atoms with Crippen molar-refractivity contribution in [2.45, 2.75) is 46.0 Å². The zero-order valence-electron chi connectivity index (χ0n) is 9.72. The van der Waals surface area contributed by atoms with Gasteiger partial charge in [-0.15, -0.1) is 0 Å². The first kappa shape index (κ1) is 12.0. The average molecular weight is 199 g/mol. The number of ether oxygens (including phenoxy) is 1. The third-order valence-corrected chi connectivity index (χ3v) is 3.71. The molecule has 0 spiro atoms. The molecule has 2 nitrogen and oxygen atoms in total. The summed E-state index contributed by atoms with van der Waals surface area (Å²) in [6, 6.07) is 0. The topological polar surface area (TPSA) is 35.2 Å². The molecule has 1 unspecified atom stereocenters. The summed E-state index contributed by atoms with van der Waals surface area (Å²) in [6.07, 6.45) is 6.27. The summed E-state index contributed by atoms with van der Waals surface area (Å²) in [5.41, 5.74) is 6.22. The van der Waals surface area contributed by atoms with Crippen LogP contribution in [0.2, 0.25) is 0 Å². The Bertz CT molecular complexity index is 148. The van der Waals surface area contributed by atoms with Gasteiger partial charge in [-0.25, -0.2) is 0 Å². The minimum atomic E-state index is 0.301. The highest BCUT2D eigenvalue weighted by Gasteiger charge is 2.33. The largest absolute Gasteiger partial charge is 0.381 e. The number of rotatable bonds is 5. The Morgan fingerprint density at radius 3 is 2.50 bits per heavy atom. The molecule has 1 rings (SSSR count). The molecular formula is C12H25NO. The molecule has 0 aliphatic carbocycles. The first-order valence-corrected chi connectivity index (χ1v) is 6.04. The lowest BCUT2D eigenvalue weighted by atomic mass is 9.74. The van der Waals surface area contributed by atoms with Gasteiger partial charge in [-0.3, -0.25) is 0 Å². The van der Waals surface area contributed by atoms with Gasteiger partial charge in [0.05, 0.1) is 6.61 Å². The average Bonchev–Trinajstić information content (AvgIpc) is 2.27. The van der Waals surface area contributed by atoms with Crippen molar-refractivity contribution in [2.24, 2.45) is 17.1 Å². The molecule has 1 heterocycles. The fourth-order valence-electron chi connectivity index (χ4n) is 2.51. The van der Waals surface area contributed by atoms with Crippen LogP contribution < -0.4 is 5.73 Å². The van der Waals surface area contributed by atoms with Crippen LogP contribution in [0.25, 0.3) is 0 Å². The summed E-state index contributed by atoms with van der Waals surface area (Å²) in [7, 11) is 0. The Hall–Kier alpha value is -0.0800. The van der Waals surface area contributed by atoms with Crippen LogP contribution in [0.4, 0.5) is 0 Å². The second-order valence-electron chi connectivity index (χ2n) is 4.75. The van der Waals surface area contributed by atoms with Crippen molar-refractivity contribution in [3.05, 3.63) is 0 Å². The highest BCUT2D eigenvalue weighted by atomic mass is 16.5. The van der Waals surface area contributed by atoms with Crippen molar-refractivity contribution in [3.63, 3.8) is 0 Å². The van der Waals surface area contributed by atoms with Gasteiger partial charge in [-0.05, 0) is 25.2 Å². The Morgan fingerprint density at radius 1 is 1.36 bits per heavy atom. The molecule has 1 fully saturated rings. The quantitative estimate of drug-likeness (QED) is 0.738. The molecule has 0 radical (unpaired) electrons. The Balaban J connectivity index is 2.50. The Labute approximate surface area is 88.2 Å². The van der Waals surface area contributed by atoms with E-state index in [1.165, 1.54) is 32.1 Å². The van der Waals surface area contributed by atoms with Crippen molar-refractivity contribution in [1.82, 2.24) is 0 Å². The molecule has 0 amide bonds. The molecule has 1 saturated heterocycles. The van der Waals surface area contributed by atoms with Crippen molar-refractivity contribution in [1.29, 1.82) is 0 Å². The van der Waals surface area contributed by atoms with E-state index in [9.17, 15) is 0 Å². The van der Waals surface area contributed by atoms with Crippen LogP contribution in [0.5, 0.6) is 0 Å². The summed E-state index contributed by atoms with van der Waals surface area (Å²) in [5.74, 6) is 0.834. The van der Waals surface area contributed by atoms with Crippen molar-refractivity contribution in [2.75, 3.05) is 19.8 Å². The SMILES string of the molecule is CCC(CC)CC1(CN)CCCOC1. The van der Waals surface area contributed by atoms with Gasteiger partial charge in [0, 0.05) is 18.6 Å². The van der Waals surface area contributed by atoms with Gasteiger partial charge in [0.1, 0.15) is 0 Å². The van der Waals surface area contributed by atoms with Gasteiger partial charge >= 0.3 is 0 Å². The maximum Gasteiger partial charge on any atom is 0.0534 e. The smallest absolute Gasteiger partial charge is 0.0534 e. The third kappa shape index (κ3) is 2.96. The van der Waals surface area contributed by atoms with E-state index < -0.39 is 0 Å². The van der Waals surface area contributed by atoms with Gasteiger partial charge < -0.3 is 10.5 Å². The summed E-state index contributed by atoms with van der Waals surface area (Å²) >= 11 is 0. The highest BCUT2D eigenvalue weighted by Crippen LogP contribution is 2.36. The van der Waals surface area contributed by atoms with Gasteiger partial charge in [0.2, 0.25) is 0 Å². The van der Waals surface area contributed by atoms with E-state index in [4.69, 9.17) is 10.5 Å². The van der Waals surface area contributed by atoms with Crippen LogP contribution in [0.1, 0.15) is 46.0 Å². The predicted octanol–water partition coefficient (Wildman–Crippen LogP) is 2.57. The molecular weight excluding hydrogens is 174 g/mol. The molecule has 1 aliphatic heterocycles. The van der Waals surface area contributed by atoms with Crippen molar-refractivity contribution >= 4 is 0 Å². The molecule has 0 aromatic rings. The molecule has 2 heteroatoms. The maximum absolute atomic E-state index is 5.92. The second-order valence-corrected chi connectivity index (χ2v) is 4.75. The minimum Gasteiger partial charge on any atom is -0.381 e. The molecule has 1 atom stereocenters. The van der Waals surface area contributed by atoms with Crippen LogP contribution >= 0.6 is 0 Å². The molecule has 0 aromatic carbocycles. The van der Waals surface area contributed by atoms with Crippen molar-refractivity contribution in [3.8, 4) is 0 Å². The summed E-state index contributed by atoms with van der Waals surface area (Å²) < 4.78 is 5.59. The first-order valence-electron chi connectivity index (χ1n) is 6.04. The molecule has 2 N–H and O–H groups in total.